The zero-order valence-electron chi connectivity index (χ0n) is 17.8. The summed E-state index contributed by atoms with van der Waals surface area (Å²) < 4.78 is 54.2. The van der Waals surface area contributed by atoms with Crippen LogP contribution in [0, 0.1) is 5.92 Å². The van der Waals surface area contributed by atoms with E-state index in [0.717, 1.165) is 18.1 Å². The summed E-state index contributed by atoms with van der Waals surface area (Å²) in [6.45, 7) is 0. The van der Waals surface area contributed by atoms with Gasteiger partial charge in [-0.25, -0.2) is 16.8 Å². The first-order valence-electron chi connectivity index (χ1n) is 10.2. The van der Waals surface area contributed by atoms with Crippen LogP contribution in [-0.2, 0) is 26.1 Å². The largest absolute Gasteiger partial charge is 0.486 e. The number of hydrogen-bond acceptors (Lipinski definition) is 6. The lowest BCUT2D eigenvalue weighted by Gasteiger charge is -2.44. The van der Waals surface area contributed by atoms with Gasteiger partial charge in [0.05, 0.1) is 23.0 Å². The number of ketones is 1. The van der Waals surface area contributed by atoms with Gasteiger partial charge in [0, 0.05) is 25.4 Å². The summed E-state index contributed by atoms with van der Waals surface area (Å²) >= 11 is 0. The molecule has 0 saturated carbocycles. The van der Waals surface area contributed by atoms with Crippen LogP contribution in [0.25, 0.3) is 0 Å². The Morgan fingerprint density at radius 3 is 1.97 bits per heavy atom. The molecule has 0 bridgehead atoms. The molecule has 0 N–H and O–H groups in total. The van der Waals surface area contributed by atoms with Crippen LogP contribution in [0.3, 0.4) is 0 Å². The van der Waals surface area contributed by atoms with Gasteiger partial charge in [0.1, 0.15) is 31.0 Å². The summed E-state index contributed by atoms with van der Waals surface area (Å²) in [5.41, 5.74) is 0.302. The Morgan fingerprint density at radius 1 is 0.839 bits per heavy atom. The van der Waals surface area contributed by atoms with E-state index in [-0.39, 0.29) is 30.1 Å². The number of fused-ring (bicyclic) bond motifs is 1. The monoisotopic (exact) mass is 464 g/mol. The topological polar surface area (TPSA) is 94.6 Å². The third-order valence-electron chi connectivity index (χ3n) is 5.77. The minimum atomic E-state index is -3.34. The van der Waals surface area contributed by atoms with Gasteiger partial charge in [-0.05, 0) is 30.5 Å². The van der Waals surface area contributed by atoms with Gasteiger partial charge in [0.25, 0.3) is 0 Å². The number of benzene rings is 2. The molecule has 0 aromatic heterocycles. The first-order chi connectivity index (χ1) is 14.5. The molecular formula is C23H28O6S2. The van der Waals surface area contributed by atoms with E-state index >= 15 is 0 Å². The number of para-hydroxylation sites is 1. The van der Waals surface area contributed by atoms with Crippen molar-refractivity contribution in [2.75, 3.05) is 24.0 Å². The number of Topliss-reactive ketones (excluding diaryl/α,β-unsaturated/α-hetero) is 1. The lowest BCUT2D eigenvalue weighted by atomic mass is 9.73. The van der Waals surface area contributed by atoms with Crippen LogP contribution in [0.4, 0.5) is 0 Å². The normalized spacial score (nSPS) is 18.3. The van der Waals surface area contributed by atoms with Gasteiger partial charge >= 0.3 is 0 Å². The molecule has 0 fully saturated rings. The van der Waals surface area contributed by atoms with Crippen molar-refractivity contribution < 1.29 is 26.4 Å². The fraction of sp³-hybridized carbons (Fsp3) is 0.435. The highest BCUT2D eigenvalue weighted by Gasteiger charge is 2.49. The smallest absolute Gasteiger partial charge is 0.173 e. The quantitative estimate of drug-likeness (QED) is 0.566. The average molecular weight is 465 g/mol. The number of aryl methyl sites for hydroxylation is 1. The van der Waals surface area contributed by atoms with Crippen molar-refractivity contribution in [1.82, 2.24) is 0 Å². The molecular weight excluding hydrogens is 436 g/mol. The lowest BCUT2D eigenvalue weighted by Crippen LogP contribution is -2.52. The number of sulfone groups is 2. The Morgan fingerprint density at radius 2 is 1.39 bits per heavy atom. The molecule has 1 atom stereocenters. The van der Waals surface area contributed by atoms with E-state index in [0.29, 0.717) is 24.2 Å². The zero-order valence-corrected chi connectivity index (χ0v) is 19.4. The van der Waals surface area contributed by atoms with Crippen molar-refractivity contribution in [1.29, 1.82) is 0 Å². The average Bonchev–Trinajstić information content (AvgIpc) is 2.70. The molecule has 2 aromatic carbocycles. The van der Waals surface area contributed by atoms with E-state index in [9.17, 15) is 21.6 Å². The first kappa shape index (κ1) is 23.5. The summed E-state index contributed by atoms with van der Waals surface area (Å²) in [6.07, 6.45) is 3.42. The van der Waals surface area contributed by atoms with E-state index in [4.69, 9.17) is 4.74 Å². The molecule has 0 radical (unpaired) electrons. The molecule has 1 aliphatic heterocycles. The van der Waals surface area contributed by atoms with Crippen molar-refractivity contribution in [3.63, 3.8) is 0 Å². The Hall–Kier alpha value is -2.19. The zero-order chi connectivity index (χ0) is 22.7. The van der Waals surface area contributed by atoms with E-state index in [1.807, 2.05) is 30.3 Å². The highest BCUT2D eigenvalue weighted by molar-refractivity contribution is 7.90. The number of carbonyl (C=O) groups is 1. The second-order valence-corrected chi connectivity index (χ2v) is 12.9. The predicted octanol–water partition coefficient (Wildman–Crippen LogP) is 3.12. The molecule has 6 nitrogen and oxygen atoms in total. The van der Waals surface area contributed by atoms with Crippen LogP contribution < -0.4 is 4.74 Å². The first-order valence-corrected chi connectivity index (χ1v) is 14.3. The standard InChI is InChI=1S/C23H28O6S2/c1-30(25,26)16-14-23(15-17-31(2,27)28)20(13-12-18-8-4-3-5-9-18)22(24)19-10-6-7-11-21(19)29-23/h3-11,20H,12-17H2,1-2H3. The van der Waals surface area contributed by atoms with Gasteiger partial charge in [0.2, 0.25) is 0 Å². The molecule has 1 unspecified atom stereocenters. The maximum Gasteiger partial charge on any atom is 0.173 e. The summed E-state index contributed by atoms with van der Waals surface area (Å²) in [6, 6.07) is 16.6. The number of hydrogen-bond donors (Lipinski definition) is 0. The van der Waals surface area contributed by atoms with Crippen LogP contribution in [0.2, 0.25) is 0 Å². The molecule has 168 valence electrons. The van der Waals surface area contributed by atoms with Gasteiger partial charge in [-0.15, -0.1) is 0 Å². The number of carbonyl (C=O) groups excluding carboxylic acids is 1. The SMILES string of the molecule is CS(=O)(=O)CCC1(CCS(C)(=O)=O)Oc2ccccc2C(=O)C1CCc1ccccc1. The Bertz CT molecular complexity index is 1100. The van der Waals surface area contributed by atoms with Gasteiger partial charge in [-0.2, -0.15) is 0 Å². The molecule has 3 rings (SSSR count). The van der Waals surface area contributed by atoms with Crippen molar-refractivity contribution >= 4 is 25.5 Å². The fourth-order valence-corrected chi connectivity index (χ4v) is 5.55. The Kier molecular flexibility index (Phi) is 6.91. The molecule has 1 aliphatic rings. The number of ether oxygens (including phenoxy) is 1. The second kappa shape index (κ2) is 9.12. The van der Waals surface area contributed by atoms with Crippen molar-refractivity contribution in [3.8, 4) is 5.75 Å². The maximum absolute atomic E-state index is 13.5. The summed E-state index contributed by atoms with van der Waals surface area (Å²) in [5.74, 6) is -0.765. The van der Waals surface area contributed by atoms with Crippen LogP contribution in [-0.4, -0.2) is 52.2 Å². The molecule has 8 heteroatoms. The third kappa shape index (κ3) is 6.17. The minimum absolute atomic E-state index is 0.0564. The maximum atomic E-state index is 13.5. The molecule has 2 aromatic rings. The molecule has 1 heterocycles. The summed E-state index contributed by atoms with van der Waals surface area (Å²) in [5, 5.41) is 0. The highest BCUT2D eigenvalue weighted by Crippen LogP contribution is 2.43. The van der Waals surface area contributed by atoms with Crippen LogP contribution in [0.15, 0.2) is 54.6 Å². The van der Waals surface area contributed by atoms with Gasteiger partial charge < -0.3 is 4.74 Å². The summed E-state index contributed by atoms with van der Waals surface area (Å²) in [4.78, 5) is 13.5. The van der Waals surface area contributed by atoms with E-state index in [1.165, 1.54) is 0 Å². The highest BCUT2D eigenvalue weighted by atomic mass is 32.2. The van der Waals surface area contributed by atoms with Crippen molar-refractivity contribution in [3.05, 3.63) is 65.7 Å². The van der Waals surface area contributed by atoms with Crippen molar-refractivity contribution in [2.45, 2.75) is 31.3 Å². The van der Waals surface area contributed by atoms with Gasteiger partial charge in [-0.1, -0.05) is 42.5 Å². The molecule has 0 saturated heterocycles. The lowest BCUT2D eigenvalue weighted by molar-refractivity contribution is -0.00681. The minimum Gasteiger partial charge on any atom is -0.486 e. The predicted molar refractivity (Wildman–Crippen MR) is 121 cm³/mol. The van der Waals surface area contributed by atoms with E-state index < -0.39 is 31.2 Å². The van der Waals surface area contributed by atoms with E-state index in [1.54, 1.807) is 24.3 Å². The van der Waals surface area contributed by atoms with Crippen LogP contribution >= 0.6 is 0 Å². The Balaban J connectivity index is 2.02. The molecule has 0 amide bonds. The van der Waals surface area contributed by atoms with Crippen LogP contribution in [0.1, 0.15) is 35.2 Å². The van der Waals surface area contributed by atoms with Gasteiger partial charge in [0.15, 0.2) is 5.78 Å². The van der Waals surface area contributed by atoms with Crippen molar-refractivity contribution in [2.24, 2.45) is 5.92 Å². The number of rotatable bonds is 9. The second-order valence-electron chi connectivity index (χ2n) is 8.36. The Labute approximate surface area is 184 Å². The van der Waals surface area contributed by atoms with E-state index in [2.05, 4.69) is 0 Å². The van der Waals surface area contributed by atoms with Crippen LogP contribution in [0.5, 0.6) is 5.75 Å². The molecule has 31 heavy (non-hydrogen) atoms. The fourth-order valence-electron chi connectivity index (χ4n) is 4.12. The summed E-state index contributed by atoms with van der Waals surface area (Å²) in [7, 11) is -6.68. The third-order valence-corrected chi connectivity index (χ3v) is 7.67. The van der Waals surface area contributed by atoms with Gasteiger partial charge in [-0.3, -0.25) is 4.79 Å². The molecule has 0 aliphatic carbocycles. The molecule has 0 spiro atoms.